The van der Waals surface area contributed by atoms with Crippen molar-refractivity contribution in [2.75, 3.05) is 39.3 Å². The summed E-state index contributed by atoms with van der Waals surface area (Å²) in [7, 11) is -3.47. The maximum Gasteiger partial charge on any atom is 0.243 e. The molecule has 2 aliphatic heterocycles. The average Bonchev–Trinajstić information content (AvgIpc) is 2.54. The molecule has 0 unspecified atom stereocenters. The van der Waals surface area contributed by atoms with Crippen molar-refractivity contribution >= 4 is 28.3 Å². The van der Waals surface area contributed by atoms with E-state index in [2.05, 4.69) is 12.2 Å². The van der Waals surface area contributed by atoms with Crippen LogP contribution >= 0.6 is 12.4 Å². The lowest BCUT2D eigenvalue weighted by molar-refractivity contribution is -0.138. The summed E-state index contributed by atoms with van der Waals surface area (Å²) >= 11 is 0. The minimum Gasteiger partial charge on any atom is -0.340 e. The molecule has 1 aromatic carbocycles. The van der Waals surface area contributed by atoms with Gasteiger partial charge in [-0.05, 0) is 24.1 Å². The molecule has 1 aromatic rings. The molecule has 0 atom stereocenters. The first kappa shape index (κ1) is 20.2. The number of nitrogens with zero attached hydrogens (tertiary/aromatic N) is 2. The van der Waals surface area contributed by atoms with Crippen LogP contribution < -0.4 is 5.32 Å². The largest absolute Gasteiger partial charge is 0.340 e. The molecule has 0 saturated carbocycles. The topological polar surface area (TPSA) is 69.7 Å². The summed E-state index contributed by atoms with van der Waals surface area (Å²) in [4.78, 5) is 14.4. The molecule has 0 spiro atoms. The first-order valence-corrected chi connectivity index (χ1v) is 10.0. The Morgan fingerprint density at radius 1 is 1.12 bits per heavy atom. The van der Waals surface area contributed by atoms with Crippen LogP contribution in [0.4, 0.5) is 0 Å². The van der Waals surface area contributed by atoms with Gasteiger partial charge < -0.3 is 10.2 Å². The van der Waals surface area contributed by atoms with E-state index in [4.69, 9.17) is 0 Å². The summed E-state index contributed by atoms with van der Waals surface area (Å²) in [6, 6.07) is 7.16. The maximum absolute atomic E-state index is 12.7. The van der Waals surface area contributed by atoms with Crippen LogP contribution in [0, 0.1) is 5.92 Å². The number of halogens is 1. The van der Waals surface area contributed by atoms with E-state index in [1.165, 1.54) is 4.31 Å². The Bertz CT molecular complexity index is 682. The fraction of sp³-hybridized carbons (Fsp3) is 0.588. The molecule has 6 nitrogen and oxygen atoms in total. The van der Waals surface area contributed by atoms with Gasteiger partial charge in [-0.25, -0.2) is 8.42 Å². The highest BCUT2D eigenvalue weighted by Crippen LogP contribution is 2.20. The van der Waals surface area contributed by atoms with Gasteiger partial charge in [-0.2, -0.15) is 4.31 Å². The monoisotopic (exact) mass is 387 g/mol. The predicted molar refractivity (Wildman–Crippen MR) is 99.4 cm³/mol. The SMILES string of the molecule is CCCc1ccc(S(=O)(=O)N2CCN(C(=O)C3CNC3)CC2)cc1.Cl. The second kappa shape index (κ2) is 8.49. The van der Waals surface area contributed by atoms with Crippen LogP contribution in [-0.2, 0) is 21.2 Å². The Kier molecular flexibility index (Phi) is 6.85. The van der Waals surface area contributed by atoms with Crippen molar-refractivity contribution in [3.8, 4) is 0 Å². The summed E-state index contributed by atoms with van der Waals surface area (Å²) < 4.78 is 27.0. The second-order valence-corrected chi connectivity index (χ2v) is 8.42. The molecule has 0 aliphatic carbocycles. The van der Waals surface area contributed by atoms with Gasteiger partial charge in [0.05, 0.1) is 10.8 Å². The summed E-state index contributed by atoms with van der Waals surface area (Å²) in [5, 5.41) is 3.10. The molecule has 2 fully saturated rings. The van der Waals surface area contributed by atoms with E-state index in [1.54, 1.807) is 17.0 Å². The summed E-state index contributed by atoms with van der Waals surface area (Å²) in [5.41, 5.74) is 1.15. The van der Waals surface area contributed by atoms with Crippen molar-refractivity contribution in [2.24, 2.45) is 5.92 Å². The summed E-state index contributed by atoms with van der Waals surface area (Å²) in [5.74, 6) is 0.217. The molecule has 1 amide bonds. The van der Waals surface area contributed by atoms with Crippen LogP contribution in [0.2, 0.25) is 0 Å². The third kappa shape index (κ3) is 4.34. The summed E-state index contributed by atoms with van der Waals surface area (Å²) in [6.45, 7) is 5.26. The number of sulfonamides is 1. The second-order valence-electron chi connectivity index (χ2n) is 6.48. The molecular weight excluding hydrogens is 362 g/mol. The number of amides is 1. The number of benzene rings is 1. The van der Waals surface area contributed by atoms with Gasteiger partial charge in [0, 0.05) is 39.3 Å². The minimum atomic E-state index is -3.47. The lowest BCUT2D eigenvalue weighted by Crippen LogP contribution is -2.57. The Labute approximate surface area is 156 Å². The molecule has 2 saturated heterocycles. The number of rotatable bonds is 5. The van der Waals surface area contributed by atoms with Crippen molar-refractivity contribution in [3.05, 3.63) is 29.8 Å². The predicted octanol–water partition coefficient (Wildman–Crippen LogP) is 1.11. The van der Waals surface area contributed by atoms with E-state index in [-0.39, 0.29) is 24.2 Å². The number of hydrogen-bond acceptors (Lipinski definition) is 4. The molecule has 1 N–H and O–H groups in total. The maximum atomic E-state index is 12.7. The quantitative estimate of drug-likeness (QED) is 0.821. The Hall–Kier alpha value is -1.15. The van der Waals surface area contributed by atoms with Crippen molar-refractivity contribution in [3.63, 3.8) is 0 Å². The third-order valence-electron chi connectivity index (χ3n) is 4.78. The van der Waals surface area contributed by atoms with Gasteiger partial charge in [-0.1, -0.05) is 25.5 Å². The number of aryl methyl sites for hydroxylation is 1. The molecule has 3 rings (SSSR count). The number of carbonyl (C=O) groups is 1. The molecule has 8 heteroatoms. The molecule has 0 radical (unpaired) electrons. The molecule has 0 aromatic heterocycles. The molecule has 2 aliphatic rings. The Morgan fingerprint density at radius 2 is 1.72 bits per heavy atom. The van der Waals surface area contributed by atoms with Gasteiger partial charge >= 0.3 is 0 Å². The lowest BCUT2D eigenvalue weighted by atomic mass is 10.0. The fourth-order valence-electron chi connectivity index (χ4n) is 3.14. The van der Waals surface area contributed by atoms with E-state index < -0.39 is 10.0 Å². The van der Waals surface area contributed by atoms with Crippen LogP contribution in [-0.4, -0.2) is 62.8 Å². The van der Waals surface area contributed by atoms with Crippen molar-refractivity contribution < 1.29 is 13.2 Å². The van der Waals surface area contributed by atoms with Crippen LogP contribution in [0.25, 0.3) is 0 Å². The zero-order valence-electron chi connectivity index (χ0n) is 14.5. The Balaban J connectivity index is 0.00000225. The van der Waals surface area contributed by atoms with Gasteiger partial charge in [0.25, 0.3) is 0 Å². The van der Waals surface area contributed by atoms with Crippen LogP contribution in [0.5, 0.6) is 0 Å². The zero-order valence-corrected chi connectivity index (χ0v) is 16.1. The van der Waals surface area contributed by atoms with E-state index in [1.807, 2.05) is 12.1 Å². The van der Waals surface area contributed by atoms with Gasteiger partial charge in [0.2, 0.25) is 15.9 Å². The third-order valence-corrected chi connectivity index (χ3v) is 6.69. The highest BCUT2D eigenvalue weighted by atomic mass is 35.5. The van der Waals surface area contributed by atoms with Crippen LogP contribution in [0.1, 0.15) is 18.9 Å². The number of piperazine rings is 1. The molecular formula is C17H26ClN3O3S. The molecule has 2 heterocycles. The number of hydrogen-bond donors (Lipinski definition) is 1. The van der Waals surface area contributed by atoms with E-state index in [9.17, 15) is 13.2 Å². The van der Waals surface area contributed by atoms with Crippen LogP contribution in [0.15, 0.2) is 29.2 Å². The van der Waals surface area contributed by atoms with Crippen molar-refractivity contribution in [1.29, 1.82) is 0 Å². The first-order chi connectivity index (χ1) is 11.5. The first-order valence-electron chi connectivity index (χ1n) is 8.61. The van der Waals surface area contributed by atoms with Gasteiger partial charge in [-0.15, -0.1) is 12.4 Å². The fourth-order valence-corrected chi connectivity index (χ4v) is 4.56. The lowest BCUT2D eigenvalue weighted by Gasteiger charge is -2.37. The van der Waals surface area contributed by atoms with Crippen molar-refractivity contribution in [2.45, 2.75) is 24.7 Å². The standard InChI is InChI=1S/C17H25N3O3S.ClH/c1-2-3-14-4-6-16(7-5-14)24(22,23)20-10-8-19(9-11-20)17(21)15-12-18-13-15;/h4-7,15,18H,2-3,8-13H2,1H3;1H. The highest BCUT2D eigenvalue weighted by molar-refractivity contribution is 7.89. The smallest absolute Gasteiger partial charge is 0.243 e. The number of carbonyl (C=O) groups excluding carboxylic acids is 1. The summed E-state index contributed by atoms with van der Waals surface area (Å²) in [6.07, 6.45) is 2.00. The average molecular weight is 388 g/mol. The minimum absolute atomic E-state index is 0. The zero-order chi connectivity index (χ0) is 17.2. The Morgan fingerprint density at radius 3 is 2.20 bits per heavy atom. The normalized spacial score (nSPS) is 19.2. The molecule has 140 valence electrons. The van der Waals surface area contributed by atoms with Crippen molar-refractivity contribution in [1.82, 2.24) is 14.5 Å². The highest BCUT2D eigenvalue weighted by Gasteiger charge is 2.34. The van der Waals surface area contributed by atoms with E-state index in [0.29, 0.717) is 31.1 Å². The van der Waals surface area contributed by atoms with E-state index >= 15 is 0 Å². The van der Waals surface area contributed by atoms with Crippen LogP contribution in [0.3, 0.4) is 0 Å². The molecule has 25 heavy (non-hydrogen) atoms. The van der Waals surface area contributed by atoms with Gasteiger partial charge in [0.15, 0.2) is 0 Å². The van der Waals surface area contributed by atoms with Gasteiger partial charge in [0.1, 0.15) is 0 Å². The van der Waals surface area contributed by atoms with Gasteiger partial charge in [-0.3, -0.25) is 4.79 Å². The number of nitrogens with one attached hydrogen (secondary N) is 1. The molecule has 0 bridgehead atoms. The van der Waals surface area contributed by atoms with E-state index in [0.717, 1.165) is 31.5 Å².